The summed E-state index contributed by atoms with van der Waals surface area (Å²) in [5.74, 6) is -0.482. The molecule has 1 heterocycles. The fourth-order valence-electron chi connectivity index (χ4n) is 4.41. The van der Waals surface area contributed by atoms with Crippen molar-refractivity contribution in [1.82, 2.24) is 10.3 Å². The number of carbonyl (C=O) groups excluding carboxylic acids is 2. The van der Waals surface area contributed by atoms with Crippen molar-refractivity contribution in [2.75, 3.05) is 11.9 Å². The van der Waals surface area contributed by atoms with E-state index < -0.39 is 12.1 Å². The molecule has 3 aromatic carbocycles. The molecule has 0 spiro atoms. The number of nitrogens with zero attached hydrogens (tertiary/aromatic N) is 1. The van der Waals surface area contributed by atoms with Gasteiger partial charge in [-0.05, 0) is 40.3 Å². The summed E-state index contributed by atoms with van der Waals surface area (Å²) >= 11 is 1.40. The van der Waals surface area contributed by atoms with E-state index in [0.717, 1.165) is 21.3 Å². The highest BCUT2D eigenvalue weighted by molar-refractivity contribution is 7.22. The molecule has 0 radical (unpaired) electrons. The molecule has 6 nitrogen and oxygen atoms in total. The Kier molecular flexibility index (Phi) is 6.02. The molecule has 1 aliphatic rings. The third-order valence-electron chi connectivity index (χ3n) is 6.09. The molecule has 2 amide bonds. The first-order chi connectivity index (χ1) is 16.5. The van der Waals surface area contributed by atoms with E-state index in [2.05, 4.69) is 39.9 Å². The molecule has 5 rings (SSSR count). The summed E-state index contributed by atoms with van der Waals surface area (Å²) in [6, 6.07) is 23.3. The molecule has 0 aliphatic heterocycles. The number of fused-ring (bicyclic) bond motifs is 4. The van der Waals surface area contributed by atoms with Crippen LogP contribution in [0.2, 0.25) is 0 Å². The van der Waals surface area contributed by atoms with E-state index in [1.54, 1.807) is 0 Å². The molecule has 4 aromatic rings. The molecular formula is C27H25N3O3S. The van der Waals surface area contributed by atoms with E-state index in [1.807, 2.05) is 62.4 Å². The number of amides is 2. The molecule has 1 atom stereocenters. The van der Waals surface area contributed by atoms with E-state index in [9.17, 15) is 9.59 Å². The fourth-order valence-corrected chi connectivity index (χ4v) is 5.28. The summed E-state index contributed by atoms with van der Waals surface area (Å²) in [6.07, 6.45) is -0.611. The Morgan fingerprint density at radius 2 is 1.56 bits per heavy atom. The van der Waals surface area contributed by atoms with Crippen molar-refractivity contribution < 1.29 is 14.3 Å². The van der Waals surface area contributed by atoms with Crippen LogP contribution in [0.1, 0.15) is 30.9 Å². The van der Waals surface area contributed by atoms with Gasteiger partial charge < -0.3 is 15.4 Å². The molecule has 0 unspecified atom stereocenters. The first-order valence-electron chi connectivity index (χ1n) is 11.3. The number of nitrogens with one attached hydrogen (secondary N) is 2. The smallest absolute Gasteiger partial charge is 0.407 e. The molecule has 0 saturated heterocycles. The lowest BCUT2D eigenvalue weighted by molar-refractivity contribution is -0.119. The summed E-state index contributed by atoms with van der Waals surface area (Å²) < 4.78 is 6.61. The Morgan fingerprint density at radius 3 is 2.21 bits per heavy atom. The summed E-state index contributed by atoms with van der Waals surface area (Å²) in [5.41, 5.74) is 5.45. The van der Waals surface area contributed by atoms with Gasteiger partial charge in [-0.1, -0.05) is 85.8 Å². The summed E-state index contributed by atoms with van der Waals surface area (Å²) in [6.45, 7) is 3.96. The van der Waals surface area contributed by atoms with E-state index in [1.165, 1.54) is 22.5 Å². The number of anilines is 1. The van der Waals surface area contributed by atoms with Crippen LogP contribution in [-0.2, 0) is 9.53 Å². The fraction of sp³-hybridized carbons (Fsp3) is 0.222. The van der Waals surface area contributed by atoms with Gasteiger partial charge in [0.25, 0.3) is 0 Å². The van der Waals surface area contributed by atoms with Gasteiger partial charge in [-0.15, -0.1) is 0 Å². The lowest BCUT2D eigenvalue weighted by Crippen LogP contribution is -2.47. The van der Waals surface area contributed by atoms with E-state index >= 15 is 0 Å². The number of thiazole rings is 1. The SMILES string of the molecule is CC(C)[C@H](NC(=O)OCC1c2ccccc2-c2ccccc21)C(=O)Nc1nc2ccccc2s1. The van der Waals surface area contributed by atoms with Gasteiger partial charge in [0, 0.05) is 5.92 Å². The molecular weight excluding hydrogens is 446 g/mol. The lowest BCUT2D eigenvalue weighted by atomic mass is 9.98. The second-order valence-electron chi connectivity index (χ2n) is 8.67. The highest BCUT2D eigenvalue weighted by Gasteiger charge is 2.30. The molecule has 0 saturated carbocycles. The van der Waals surface area contributed by atoms with Crippen molar-refractivity contribution in [2.24, 2.45) is 5.92 Å². The molecule has 34 heavy (non-hydrogen) atoms. The van der Waals surface area contributed by atoms with Crippen LogP contribution >= 0.6 is 11.3 Å². The van der Waals surface area contributed by atoms with Gasteiger partial charge in [0.15, 0.2) is 5.13 Å². The average molecular weight is 472 g/mol. The van der Waals surface area contributed by atoms with Crippen molar-refractivity contribution in [2.45, 2.75) is 25.8 Å². The molecule has 0 bridgehead atoms. The molecule has 2 N–H and O–H groups in total. The maximum atomic E-state index is 12.9. The predicted molar refractivity (Wildman–Crippen MR) is 135 cm³/mol. The van der Waals surface area contributed by atoms with E-state index in [0.29, 0.717) is 5.13 Å². The topological polar surface area (TPSA) is 80.3 Å². The minimum atomic E-state index is -0.748. The van der Waals surface area contributed by atoms with Crippen molar-refractivity contribution in [3.8, 4) is 11.1 Å². The third-order valence-corrected chi connectivity index (χ3v) is 7.04. The second-order valence-corrected chi connectivity index (χ2v) is 9.70. The van der Waals surface area contributed by atoms with Crippen molar-refractivity contribution in [3.63, 3.8) is 0 Å². The van der Waals surface area contributed by atoms with Crippen LogP contribution in [-0.4, -0.2) is 29.6 Å². The molecule has 7 heteroatoms. The van der Waals surface area contributed by atoms with Crippen LogP contribution < -0.4 is 10.6 Å². The first kappa shape index (κ1) is 22.1. The number of benzene rings is 3. The predicted octanol–water partition coefficient (Wildman–Crippen LogP) is 5.80. The van der Waals surface area contributed by atoms with Gasteiger partial charge in [-0.3, -0.25) is 4.79 Å². The number of hydrogen-bond acceptors (Lipinski definition) is 5. The molecule has 0 fully saturated rings. The van der Waals surface area contributed by atoms with Crippen molar-refractivity contribution >= 4 is 38.7 Å². The summed E-state index contributed by atoms with van der Waals surface area (Å²) in [5, 5.41) is 6.09. The van der Waals surface area contributed by atoms with Crippen molar-refractivity contribution in [3.05, 3.63) is 83.9 Å². The van der Waals surface area contributed by atoms with Crippen LogP contribution in [0.25, 0.3) is 21.3 Å². The molecule has 1 aliphatic carbocycles. The Balaban J connectivity index is 1.25. The molecule has 172 valence electrons. The highest BCUT2D eigenvalue weighted by atomic mass is 32.1. The van der Waals surface area contributed by atoms with Gasteiger partial charge in [-0.2, -0.15) is 0 Å². The minimum Gasteiger partial charge on any atom is -0.449 e. The van der Waals surface area contributed by atoms with Crippen LogP contribution in [0.3, 0.4) is 0 Å². The van der Waals surface area contributed by atoms with Gasteiger partial charge >= 0.3 is 6.09 Å². The zero-order chi connectivity index (χ0) is 23.7. The number of aromatic nitrogens is 1. The third kappa shape index (κ3) is 4.26. The lowest BCUT2D eigenvalue weighted by Gasteiger charge is -2.21. The number of alkyl carbamates (subject to hydrolysis) is 1. The Hall–Kier alpha value is -3.71. The van der Waals surface area contributed by atoms with Crippen LogP contribution in [0, 0.1) is 5.92 Å². The normalized spacial score (nSPS) is 13.4. The van der Waals surface area contributed by atoms with E-state index in [4.69, 9.17) is 4.74 Å². The van der Waals surface area contributed by atoms with Crippen molar-refractivity contribution in [1.29, 1.82) is 0 Å². The standard InChI is InChI=1S/C27H25N3O3S/c1-16(2)24(25(31)30-26-28-22-13-7-8-14-23(22)34-26)29-27(32)33-15-21-19-11-5-3-9-17(19)18-10-4-6-12-20(18)21/h3-14,16,21,24H,15H2,1-2H3,(H,29,32)(H,28,30,31)/t24-/m0/s1. The highest BCUT2D eigenvalue weighted by Crippen LogP contribution is 2.44. The number of carbonyl (C=O) groups is 2. The molecule has 1 aromatic heterocycles. The number of hydrogen-bond donors (Lipinski definition) is 2. The number of ether oxygens (including phenoxy) is 1. The second kappa shape index (κ2) is 9.27. The zero-order valence-electron chi connectivity index (χ0n) is 18.9. The number of para-hydroxylation sites is 1. The van der Waals surface area contributed by atoms with Gasteiger partial charge in [0.2, 0.25) is 5.91 Å². The minimum absolute atomic E-state index is 0.0350. The van der Waals surface area contributed by atoms with Gasteiger partial charge in [-0.25, -0.2) is 9.78 Å². The van der Waals surface area contributed by atoms with E-state index in [-0.39, 0.29) is 24.3 Å². The van der Waals surface area contributed by atoms with Gasteiger partial charge in [0.05, 0.1) is 10.2 Å². The maximum absolute atomic E-state index is 12.9. The Bertz CT molecular complexity index is 1290. The maximum Gasteiger partial charge on any atom is 0.407 e. The number of rotatable bonds is 6. The zero-order valence-corrected chi connectivity index (χ0v) is 19.8. The van der Waals surface area contributed by atoms with Crippen LogP contribution in [0.15, 0.2) is 72.8 Å². The summed E-state index contributed by atoms with van der Waals surface area (Å²) in [7, 11) is 0. The largest absolute Gasteiger partial charge is 0.449 e. The quantitative estimate of drug-likeness (QED) is 0.373. The first-order valence-corrected chi connectivity index (χ1v) is 12.1. The average Bonchev–Trinajstić information content (AvgIpc) is 3.39. The van der Waals surface area contributed by atoms with Crippen LogP contribution in [0.4, 0.5) is 9.93 Å². The van der Waals surface area contributed by atoms with Crippen LogP contribution in [0.5, 0.6) is 0 Å². The Labute approximate surface area is 202 Å². The monoisotopic (exact) mass is 471 g/mol. The Morgan fingerprint density at radius 1 is 0.941 bits per heavy atom. The summed E-state index contributed by atoms with van der Waals surface area (Å²) in [4.78, 5) is 30.1. The van der Waals surface area contributed by atoms with Gasteiger partial charge in [0.1, 0.15) is 12.6 Å².